The molecular formula is C39H38N2O6. The van der Waals surface area contributed by atoms with Crippen LogP contribution < -0.4 is 10.6 Å². The van der Waals surface area contributed by atoms with Crippen molar-refractivity contribution in [1.29, 1.82) is 0 Å². The lowest BCUT2D eigenvalue weighted by Gasteiger charge is -2.24. The number of hydrogen-bond acceptors (Lipinski definition) is 6. The summed E-state index contributed by atoms with van der Waals surface area (Å²) in [6.07, 6.45) is 0.150. The van der Waals surface area contributed by atoms with Crippen molar-refractivity contribution in [2.24, 2.45) is 0 Å². The molecule has 0 bridgehead atoms. The number of esters is 1. The molecule has 2 N–H and O–H groups in total. The maximum Gasteiger partial charge on any atom is 0.407 e. The van der Waals surface area contributed by atoms with Crippen LogP contribution in [0.3, 0.4) is 0 Å². The van der Waals surface area contributed by atoms with Crippen LogP contribution >= 0.6 is 0 Å². The molecule has 8 nitrogen and oxygen atoms in total. The van der Waals surface area contributed by atoms with Gasteiger partial charge in [-0.25, -0.2) is 9.59 Å². The largest absolute Gasteiger partial charge is 0.467 e. The molecule has 2 amide bonds. The Balaban J connectivity index is 1.16. The predicted octanol–water partition coefficient (Wildman–Crippen LogP) is 5.86. The quantitative estimate of drug-likeness (QED) is 0.122. The SMILES string of the molecule is CCOCCc1ccc(C#Cc2ccc(C(=O)NC(C(=O)OC)C(C)NC(=O)OCC3c4ccccc4-c4ccccc43)cc2)cc1. The summed E-state index contributed by atoms with van der Waals surface area (Å²) in [7, 11) is 1.23. The number of carbonyl (C=O) groups excluding carboxylic acids is 3. The molecule has 0 heterocycles. The Bertz CT molecular complexity index is 1730. The van der Waals surface area contributed by atoms with Crippen molar-refractivity contribution >= 4 is 18.0 Å². The minimum absolute atomic E-state index is 0.108. The van der Waals surface area contributed by atoms with E-state index in [9.17, 15) is 14.4 Å². The van der Waals surface area contributed by atoms with Gasteiger partial charge in [-0.15, -0.1) is 0 Å². The van der Waals surface area contributed by atoms with E-state index in [1.165, 1.54) is 12.7 Å². The van der Waals surface area contributed by atoms with E-state index in [-0.39, 0.29) is 12.5 Å². The Morgan fingerprint density at radius 3 is 1.94 bits per heavy atom. The maximum atomic E-state index is 13.1. The zero-order valence-corrected chi connectivity index (χ0v) is 26.7. The zero-order chi connectivity index (χ0) is 33.2. The molecule has 0 saturated carbocycles. The van der Waals surface area contributed by atoms with Crippen LogP contribution in [0.5, 0.6) is 0 Å². The van der Waals surface area contributed by atoms with E-state index in [0.717, 1.165) is 39.8 Å². The molecule has 5 rings (SSSR count). The Morgan fingerprint density at radius 2 is 1.36 bits per heavy atom. The monoisotopic (exact) mass is 630 g/mol. The normalized spacial score (nSPS) is 12.8. The van der Waals surface area contributed by atoms with Gasteiger partial charge in [-0.2, -0.15) is 0 Å². The summed E-state index contributed by atoms with van der Waals surface area (Å²) in [4.78, 5) is 38.6. The lowest BCUT2D eigenvalue weighted by Crippen LogP contribution is -2.54. The maximum absolute atomic E-state index is 13.1. The second-order valence-corrected chi connectivity index (χ2v) is 11.2. The van der Waals surface area contributed by atoms with Gasteiger partial charge < -0.3 is 24.8 Å². The smallest absolute Gasteiger partial charge is 0.407 e. The zero-order valence-electron chi connectivity index (χ0n) is 26.7. The average Bonchev–Trinajstić information content (AvgIpc) is 3.42. The second-order valence-electron chi connectivity index (χ2n) is 11.2. The number of alkyl carbamates (subject to hydrolysis) is 1. The first-order valence-corrected chi connectivity index (χ1v) is 15.7. The molecule has 0 spiro atoms. The Kier molecular flexibility index (Phi) is 11.1. The highest BCUT2D eigenvalue weighted by Gasteiger charge is 2.32. The van der Waals surface area contributed by atoms with Crippen molar-refractivity contribution in [2.45, 2.75) is 38.3 Å². The van der Waals surface area contributed by atoms with Gasteiger partial charge in [0.1, 0.15) is 12.6 Å². The molecule has 0 aromatic heterocycles. The minimum Gasteiger partial charge on any atom is -0.467 e. The number of carbonyl (C=O) groups is 3. The van der Waals surface area contributed by atoms with Gasteiger partial charge in [-0.05, 0) is 84.5 Å². The molecule has 2 unspecified atom stereocenters. The molecule has 0 radical (unpaired) electrons. The van der Waals surface area contributed by atoms with Gasteiger partial charge >= 0.3 is 12.1 Å². The van der Waals surface area contributed by atoms with E-state index in [1.807, 2.05) is 67.6 Å². The van der Waals surface area contributed by atoms with Crippen molar-refractivity contribution in [3.05, 3.63) is 130 Å². The number of fused-ring (bicyclic) bond motifs is 3. The summed E-state index contributed by atoms with van der Waals surface area (Å²) in [6.45, 7) is 5.10. The first-order chi connectivity index (χ1) is 22.9. The van der Waals surface area contributed by atoms with E-state index < -0.39 is 30.1 Å². The van der Waals surface area contributed by atoms with Crippen LogP contribution in [0, 0.1) is 11.8 Å². The van der Waals surface area contributed by atoms with Crippen LogP contribution in [0.15, 0.2) is 97.1 Å². The highest BCUT2D eigenvalue weighted by atomic mass is 16.5. The molecule has 8 heteroatoms. The summed E-state index contributed by atoms with van der Waals surface area (Å²) in [5.74, 6) is 4.94. The van der Waals surface area contributed by atoms with Gasteiger partial charge in [0, 0.05) is 29.2 Å². The van der Waals surface area contributed by atoms with E-state index >= 15 is 0 Å². The molecule has 0 fully saturated rings. The predicted molar refractivity (Wildman–Crippen MR) is 180 cm³/mol. The lowest BCUT2D eigenvalue weighted by atomic mass is 9.98. The van der Waals surface area contributed by atoms with Gasteiger partial charge in [0.25, 0.3) is 5.91 Å². The van der Waals surface area contributed by atoms with Crippen molar-refractivity contribution in [3.63, 3.8) is 0 Å². The van der Waals surface area contributed by atoms with E-state index in [0.29, 0.717) is 18.8 Å². The van der Waals surface area contributed by atoms with E-state index in [4.69, 9.17) is 14.2 Å². The number of nitrogens with one attached hydrogen (secondary N) is 2. The molecule has 47 heavy (non-hydrogen) atoms. The van der Waals surface area contributed by atoms with Crippen molar-refractivity contribution in [1.82, 2.24) is 10.6 Å². The van der Waals surface area contributed by atoms with Crippen LogP contribution in [-0.2, 0) is 25.4 Å². The summed E-state index contributed by atoms with van der Waals surface area (Å²) in [5.41, 5.74) is 7.56. The molecule has 1 aliphatic carbocycles. The van der Waals surface area contributed by atoms with Crippen molar-refractivity contribution < 1.29 is 28.6 Å². The van der Waals surface area contributed by atoms with Gasteiger partial charge in [0.2, 0.25) is 0 Å². The molecule has 4 aromatic carbocycles. The molecule has 4 aromatic rings. The highest BCUT2D eigenvalue weighted by Crippen LogP contribution is 2.44. The fourth-order valence-corrected chi connectivity index (χ4v) is 5.59. The van der Waals surface area contributed by atoms with E-state index in [1.54, 1.807) is 31.2 Å². The molecule has 2 atom stereocenters. The molecule has 240 valence electrons. The third kappa shape index (κ3) is 8.26. The van der Waals surface area contributed by atoms with Crippen LogP contribution in [0.4, 0.5) is 4.79 Å². The van der Waals surface area contributed by atoms with Crippen LogP contribution in [0.1, 0.15) is 57.9 Å². The topological polar surface area (TPSA) is 103 Å². The third-order valence-corrected chi connectivity index (χ3v) is 8.12. The second kappa shape index (κ2) is 15.7. The van der Waals surface area contributed by atoms with E-state index in [2.05, 4.69) is 34.6 Å². The van der Waals surface area contributed by atoms with Gasteiger partial charge in [0.15, 0.2) is 0 Å². The average molecular weight is 631 g/mol. The Labute approximate surface area is 275 Å². The molecule has 0 aliphatic heterocycles. The van der Waals surface area contributed by atoms with Gasteiger partial charge in [0.05, 0.1) is 19.8 Å². The summed E-state index contributed by atoms with van der Waals surface area (Å²) < 4.78 is 16.0. The summed E-state index contributed by atoms with van der Waals surface area (Å²) >= 11 is 0. The van der Waals surface area contributed by atoms with Crippen LogP contribution in [0.25, 0.3) is 11.1 Å². The minimum atomic E-state index is -1.15. The number of ether oxygens (including phenoxy) is 3. The highest BCUT2D eigenvalue weighted by molar-refractivity contribution is 5.97. The van der Waals surface area contributed by atoms with Gasteiger partial charge in [-0.1, -0.05) is 72.5 Å². The van der Waals surface area contributed by atoms with Crippen molar-refractivity contribution in [3.8, 4) is 23.0 Å². The number of methoxy groups -OCH3 is 1. The Morgan fingerprint density at radius 1 is 0.787 bits per heavy atom. The summed E-state index contributed by atoms with van der Waals surface area (Å²) in [6, 6.07) is 28.9. The standard InChI is InChI=1S/C39H38N2O6/c1-4-46-24-23-29-17-15-27(16-18-29)13-14-28-19-21-30(22-20-28)37(42)41-36(38(43)45-3)26(2)40-39(44)47-25-35-33-11-7-5-9-31(33)32-10-6-8-12-34(32)35/h5-12,15-22,26,35-36H,4,23-25H2,1-3H3,(H,40,44)(H,41,42). The number of amides is 2. The first kappa shape index (κ1) is 33.0. The first-order valence-electron chi connectivity index (χ1n) is 15.7. The fraction of sp³-hybridized carbons (Fsp3) is 0.256. The number of rotatable bonds is 11. The number of hydrogen-bond donors (Lipinski definition) is 2. The summed E-state index contributed by atoms with van der Waals surface area (Å²) in [5, 5.41) is 5.36. The van der Waals surface area contributed by atoms with Crippen molar-refractivity contribution in [2.75, 3.05) is 26.9 Å². The third-order valence-electron chi connectivity index (χ3n) is 8.12. The van der Waals surface area contributed by atoms with Crippen LogP contribution in [-0.4, -0.2) is 57.0 Å². The fourth-order valence-electron chi connectivity index (χ4n) is 5.59. The molecule has 0 saturated heterocycles. The lowest BCUT2D eigenvalue weighted by molar-refractivity contribution is -0.143. The van der Waals surface area contributed by atoms with Crippen LogP contribution in [0.2, 0.25) is 0 Å². The number of benzene rings is 4. The van der Waals surface area contributed by atoms with Gasteiger partial charge in [-0.3, -0.25) is 4.79 Å². The molecular weight excluding hydrogens is 592 g/mol. The molecule has 1 aliphatic rings. The Hall–Kier alpha value is -5.39.